The fourth-order valence-corrected chi connectivity index (χ4v) is 2.20. The van der Waals surface area contributed by atoms with E-state index in [1.54, 1.807) is 6.20 Å². The SMILES string of the molecule is CCCCCC/C(O)=C/[N+](C)(C)C(CC)C(=O)O. The molecule has 18 heavy (non-hydrogen) atoms. The zero-order chi connectivity index (χ0) is 14.2. The Kier molecular flexibility index (Phi) is 7.67. The maximum absolute atomic E-state index is 11.1. The lowest BCUT2D eigenvalue weighted by Crippen LogP contribution is -2.48. The number of carboxylic acids is 1. The molecule has 2 N–H and O–H groups in total. The highest BCUT2D eigenvalue weighted by molar-refractivity contribution is 5.72. The van der Waals surface area contributed by atoms with Crippen molar-refractivity contribution in [3.8, 4) is 0 Å². The van der Waals surface area contributed by atoms with Crippen LogP contribution in [0.15, 0.2) is 12.0 Å². The van der Waals surface area contributed by atoms with Gasteiger partial charge in [0.1, 0.15) is 12.0 Å². The van der Waals surface area contributed by atoms with Gasteiger partial charge in [-0.15, -0.1) is 0 Å². The zero-order valence-corrected chi connectivity index (χ0v) is 12.1. The van der Waals surface area contributed by atoms with E-state index in [2.05, 4.69) is 6.92 Å². The normalized spacial score (nSPS) is 14.6. The highest BCUT2D eigenvalue weighted by atomic mass is 16.4. The smallest absolute Gasteiger partial charge is 0.362 e. The molecular formula is C14H28NO3+. The van der Waals surface area contributed by atoms with Crippen molar-refractivity contribution in [1.29, 1.82) is 0 Å². The first-order valence-electron chi connectivity index (χ1n) is 6.82. The number of carbonyl (C=O) groups is 1. The molecule has 0 fully saturated rings. The van der Waals surface area contributed by atoms with Crippen molar-refractivity contribution >= 4 is 5.97 Å². The molecule has 0 rings (SSSR count). The minimum atomic E-state index is -0.822. The van der Waals surface area contributed by atoms with E-state index < -0.39 is 12.0 Å². The van der Waals surface area contributed by atoms with Gasteiger partial charge in [-0.3, -0.25) is 4.48 Å². The first kappa shape index (κ1) is 17.0. The number of aliphatic hydroxyl groups excluding tert-OH is 1. The molecule has 0 aromatic carbocycles. The molecule has 0 aliphatic rings. The first-order chi connectivity index (χ1) is 8.35. The number of carboxylic acid groups (broad SMARTS) is 1. The molecule has 0 heterocycles. The predicted octanol–water partition coefficient (Wildman–Crippen LogP) is 3.30. The van der Waals surface area contributed by atoms with Gasteiger partial charge in [0.15, 0.2) is 6.04 Å². The third kappa shape index (κ3) is 6.05. The van der Waals surface area contributed by atoms with Gasteiger partial charge < -0.3 is 10.2 Å². The van der Waals surface area contributed by atoms with Crippen molar-refractivity contribution in [2.75, 3.05) is 14.1 Å². The fourth-order valence-electron chi connectivity index (χ4n) is 2.20. The quantitative estimate of drug-likeness (QED) is 0.379. The molecule has 4 heteroatoms. The van der Waals surface area contributed by atoms with Crippen LogP contribution in [0.4, 0.5) is 0 Å². The van der Waals surface area contributed by atoms with E-state index in [0.29, 0.717) is 18.6 Å². The second kappa shape index (κ2) is 8.14. The zero-order valence-electron chi connectivity index (χ0n) is 12.1. The number of aliphatic carboxylic acids is 1. The molecule has 0 aliphatic carbocycles. The molecule has 106 valence electrons. The molecule has 0 aromatic rings. The third-order valence-electron chi connectivity index (χ3n) is 3.24. The summed E-state index contributed by atoms with van der Waals surface area (Å²) in [6, 6.07) is -0.511. The topological polar surface area (TPSA) is 57.5 Å². The molecule has 0 saturated carbocycles. The molecule has 0 saturated heterocycles. The first-order valence-corrected chi connectivity index (χ1v) is 6.82. The van der Waals surface area contributed by atoms with E-state index in [9.17, 15) is 9.90 Å². The fraction of sp³-hybridized carbons (Fsp3) is 0.786. The van der Waals surface area contributed by atoms with E-state index >= 15 is 0 Å². The summed E-state index contributed by atoms with van der Waals surface area (Å²) < 4.78 is 0.186. The molecule has 1 atom stereocenters. The second-order valence-corrected chi connectivity index (χ2v) is 5.32. The van der Waals surface area contributed by atoms with Crippen LogP contribution in [0, 0.1) is 0 Å². The average molecular weight is 258 g/mol. The molecule has 0 spiro atoms. The van der Waals surface area contributed by atoms with Crippen molar-refractivity contribution in [1.82, 2.24) is 0 Å². The van der Waals surface area contributed by atoms with Crippen molar-refractivity contribution < 1.29 is 19.5 Å². The summed E-state index contributed by atoms with van der Waals surface area (Å²) in [4.78, 5) is 11.1. The molecule has 0 bridgehead atoms. The summed E-state index contributed by atoms with van der Waals surface area (Å²) in [6.45, 7) is 4.00. The molecule has 4 nitrogen and oxygen atoms in total. The Morgan fingerprint density at radius 3 is 2.22 bits per heavy atom. The standard InChI is InChI=1S/C14H27NO3/c1-5-7-8-9-10-12(16)11-15(3,4)13(6-2)14(17)18/h11,13H,5-10H2,1-4H3,(H-,16,17,18)/p+1/b12-11-. The Balaban J connectivity index is 4.46. The molecular weight excluding hydrogens is 230 g/mol. The largest absolute Gasteiger partial charge is 0.507 e. The second-order valence-electron chi connectivity index (χ2n) is 5.32. The number of hydrogen-bond donors (Lipinski definition) is 2. The minimum Gasteiger partial charge on any atom is -0.507 e. The average Bonchev–Trinajstić information content (AvgIpc) is 2.23. The number of unbranched alkanes of at least 4 members (excludes halogenated alkanes) is 3. The van der Waals surface area contributed by atoms with Gasteiger partial charge in [-0.25, -0.2) is 4.79 Å². The number of likely N-dealkylation sites (N-methyl/N-ethyl adjacent to an activating group) is 1. The highest BCUT2D eigenvalue weighted by Gasteiger charge is 2.32. The Hall–Kier alpha value is -1.03. The van der Waals surface area contributed by atoms with E-state index in [4.69, 9.17) is 5.11 Å². The van der Waals surface area contributed by atoms with E-state index in [0.717, 1.165) is 12.8 Å². The van der Waals surface area contributed by atoms with Crippen LogP contribution in [0.3, 0.4) is 0 Å². The number of rotatable bonds is 9. The Morgan fingerprint density at radius 1 is 1.17 bits per heavy atom. The summed E-state index contributed by atoms with van der Waals surface area (Å²) in [5, 5.41) is 19.0. The van der Waals surface area contributed by atoms with Crippen LogP contribution >= 0.6 is 0 Å². The monoisotopic (exact) mass is 258 g/mol. The van der Waals surface area contributed by atoms with Crippen molar-refractivity contribution in [3.63, 3.8) is 0 Å². The summed E-state index contributed by atoms with van der Waals surface area (Å²) in [5.74, 6) is -0.520. The van der Waals surface area contributed by atoms with Crippen LogP contribution in [-0.2, 0) is 4.79 Å². The van der Waals surface area contributed by atoms with Crippen LogP contribution in [0.25, 0.3) is 0 Å². The summed E-state index contributed by atoms with van der Waals surface area (Å²) >= 11 is 0. The molecule has 0 amide bonds. The number of hydrogen-bond acceptors (Lipinski definition) is 2. The van der Waals surface area contributed by atoms with Gasteiger partial charge in [0, 0.05) is 12.8 Å². The molecule has 1 unspecified atom stereocenters. The Bertz CT molecular complexity index is 285. The maximum atomic E-state index is 11.1. The van der Waals surface area contributed by atoms with Gasteiger partial charge in [-0.1, -0.05) is 33.1 Å². The third-order valence-corrected chi connectivity index (χ3v) is 3.24. The number of nitrogens with zero attached hydrogens (tertiary/aromatic N) is 1. The van der Waals surface area contributed by atoms with E-state index in [1.807, 2.05) is 21.0 Å². The van der Waals surface area contributed by atoms with Crippen molar-refractivity contribution in [3.05, 3.63) is 12.0 Å². The van der Waals surface area contributed by atoms with Crippen molar-refractivity contribution in [2.24, 2.45) is 0 Å². The lowest BCUT2D eigenvalue weighted by Gasteiger charge is -2.31. The van der Waals surface area contributed by atoms with Crippen LogP contribution in [0.2, 0.25) is 0 Å². The van der Waals surface area contributed by atoms with Crippen molar-refractivity contribution in [2.45, 2.75) is 58.4 Å². The predicted molar refractivity (Wildman–Crippen MR) is 73.3 cm³/mol. The lowest BCUT2D eigenvalue weighted by atomic mass is 10.1. The Morgan fingerprint density at radius 2 is 1.78 bits per heavy atom. The lowest BCUT2D eigenvalue weighted by molar-refractivity contribution is -0.857. The molecule has 0 aromatic heterocycles. The summed E-state index contributed by atoms with van der Waals surface area (Å²) in [7, 11) is 3.62. The van der Waals surface area contributed by atoms with E-state index in [-0.39, 0.29) is 4.48 Å². The summed E-state index contributed by atoms with van der Waals surface area (Å²) in [5.41, 5.74) is 0. The van der Waals surface area contributed by atoms with Crippen LogP contribution in [0.1, 0.15) is 52.4 Å². The van der Waals surface area contributed by atoms with Gasteiger partial charge in [-0.2, -0.15) is 0 Å². The van der Waals surface area contributed by atoms with Gasteiger partial charge in [0.25, 0.3) is 0 Å². The van der Waals surface area contributed by atoms with Crippen LogP contribution < -0.4 is 0 Å². The number of allylic oxidation sites excluding steroid dienone is 1. The van der Waals surface area contributed by atoms with Gasteiger partial charge in [0.2, 0.25) is 0 Å². The number of aliphatic hydroxyl groups is 1. The number of quaternary nitrogens is 1. The molecule has 0 radical (unpaired) electrons. The van der Waals surface area contributed by atoms with Crippen LogP contribution in [0.5, 0.6) is 0 Å². The van der Waals surface area contributed by atoms with Gasteiger partial charge in [0.05, 0.1) is 14.1 Å². The molecule has 0 aliphatic heterocycles. The Labute approximate surface area is 111 Å². The highest BCUT2D eigenvalue weighted by Crippen LogP contribution is 2.16. The van der Waals surface area contributed by atoms with Gasteiger partial charge in [-0.05, 0) is 6.42 Å². The van der Waals surface area contributed by atoms with Gasteiger partial charge >= 0.3 is 5.97 Å². The van der Waals surface area contributed by atoms with Crippen LogP contribution in [-0.4, -0.2) is 40.8 Å². The maximum Gasteiger partial charge on any atom is 0.362 e. The summed E-state index contributed by atoms with van der Waals surface area (Å²) in [6.07, 6.45) is 7.26. The van der Waals surface area contributed by atoms with E-state index in [1.165, 1.54) is 12.8 Å². The minimum absolute atomic E-state index is 0.186.